The lowest BCUT2D eigenvalue weighted by atomic mass is 9.82. The first-order chi connectivity index (χ1) is 7.28. The minimum Gasteiger partial charge on any atom is -0.297 e. The molecule has 2 aliphatic carbocycles. The number of rotatable bonds is 4. The highest BCUT2D eigenvalue weighted by Crippen LogP contribution is 2.36. The molecule has 0 spiro atoms. The summed E-state index contributed by atoms with van der Waals surface area (Å²) in [6.45, 7) is 2.21. The number of thioether (sulfide) groups is 1. The molecule has 2 unspecified atom stereocenters. The summed E-state index contributed by atoms with van der Waals surface area (Å²) in [5, 5.41) is 13.7. The highest BCUT2D eigenvalue weighted by Gasteiger charge is 2.40. The maximum Gasteiger partial charge on any atom is 0.108 e. The Morgan fingerprint density at radius 3 is 2.87 bits per heavy atom. The zero-order valence-electron chi connectivity index (χ0n) is 9.46. The molecular weight excluding hydrogens is 204 g/mol. The highest BCUT2D eigenvalue weighted by atomic mass is 32.2. The van der Waals surface area contributed by atoms with Gasteiger partial charge in [-0.1, -0.05) is 6.92 Å². The zero-order valence-corrected chi connectivity index (χ0v) is 10.3. The maximum atomic E-state index is 9.38. The highest BCUT2D eigenvalue weighted by molar-refractivity contribution is 7.99. The van der Waals surface area contributed by atoms with Crippen LogP contribution in [0.25, 0.3) is 0 Å². The molecular formula is C12H20N2S. The van der Waals surface area contributed by atoms with Crippen LogP contribution in [0.3, 0.4) is 0 Å². The fourth-order valence-corrected chi connectivity index (χ4v) is 3.69. The van der Waals surface area contributed by atoms with Crippen LogP contribution in [0.15, 0.2) is 0 Å². The van der Waals surface area contributed by atoms with Crippen molar-refractivity contribution >= 4 is 11.8 Å². The lowest BCUT2D eigenvalue weighted by Crippen LogP contribution is -2.49. The van der Waals surface area contributed by atoms with Gasteiger partial charge in [0.15, 0.2) is 0 Å². The standard InChI is InChI=1S/C12H20N2S/c1-2-15-11-4-3-7-12(8-11,9-13)14-10-5-6-10/h10-11,14H,2-8H2,1H3. The summed E-state index contributed by atoms with van der Waals surface area (Å²) in [7, 11) is 0. The van der Waals surface area contributed by atoms with Gasteiger partial charge in [0.1, 0.15) is 5.54 Å². The summed E-state index contributed by atoms with van der Waals surface area (Å²) in [5.41, 5.74) is -0.188. The summed E-state index contributed by atoms with van der Waals surface area (Å²) in [6, 6.07) is 3.20. The van der Waals surface area contributed by atoms with Crippen LogP contribution in [0.5, 0.6) is 0 Å². The predicted molar refractivity (Wildman–Crippen MR) is 64.9 cm³/mol. The molecule has 2 rings (SSSR count). The van der Waals surface area contributed by atoms with Gasteiger partial charge in [-0.2, -0.15) is 17.0 Å². The number of hydrogen-bond donors (Lipinski definition) is 1. The number of nitrogens with zero attached hydrogens (tertiary/aromatic N) is 1. The van der Waals surface area contributed by atoms with Crippen LogP contribution in [0.2, 0.25) is 0 Å². The number of nitriles is 1. The van der Waals surface area contributed by atoms with Gasteiger partial charge in [0.05, 0.1) is 6.07 Å². The summed E-state index contributed by atoms with van der Waals surface area (Å²) in [6.07, 6.45) is 7.17. The molecule has 1 N–H and O–H groups in total. The molecule has 15 heavy (non-hydrogen) atoms. The van der Waals surface area contributed by atoms with Gasteiger partial charge in [0.25, 0.3) is 0 Å². The third-order valence-electron chi connectivity index (χ3n) is 3.38. The molecule has 0 bridgehead atoms. The molecule has 2 aliphatic rings. The van der Waals surface area contributed by atoms with E-state index in [9.17, 15) is 5.26 Å². The average molecular weight is 224 g/mol. The molecule has 0 radical (unpaired) electrons. The first-order valence-electron chi connectivity index (χ1n) is 6.08. The van der Waals surface area contributed by atoms with Crippen LogP contribution in [0, 0.1) is 11.3 Å². The SMILES string of the molecule is CCSC1CCCC(C#N)(NC2CC2)C1. The van der Waals surface area contributed by atoms with Gasteiger partial charge in [-0.3, -0.25) is 5.32 Å². The van der Waals surface area contributed by atoms with E-state index in [1.807, 2.05) is 11.8 Å². The summed E-state index contributed by atoms with van der Waals surface area (Å²) in [4.78, 5) is 0. The Kier molecular flexibility index (Phi) is 3.58. The van der Waals surface area contributed by atoms with Crippen LogP contribution < -0.4 is 5.32 Å². The Morgan fingerprint density at radius 2 is 2.27 bits per heavy atom. The minimum atomic E-state index is -0.188. The van der Waals surface area contributed by atoms with Gasteiger partial charge in [0, 0.05) is 11.3 Å². The van der Waals surface area contributed by atoms with Crippen molar-refractivity contribution in [2.45, 2.75) is 62.3 Å². The van der Waals surface area contributed by atoms with Crippen molar-refractivity contribution in [3.63, 3.8) is 0 Å². The first-order valence-corrected chi connectivity index (χ1v) is 7.13. The summed E-state index contributed by atoms with van der Waals surface area (Å²) in [5.74, 6) is 1.18. The molecule has 0 aliphatic heterocycles. The van der Waals surface area contributed by atoms with Crippen molar-refractivity contribution in [2.24, 2.45) is 0 Å². The van der Waals surface area contributed by atoms with Gasteiger partial charge >= 0.3 is 0 Å². The molecule has 2 saturated carbocycles. The van der Waals surface area contributed by atoms with Gasteiger partial charge in [-0.25, -0.2) is 0 Å². The van der Waals surface area contributed by atoms with Crippen LogP contribution in [-0.2, 0) is 0 Å². The Balaban J connectivity index is 1.94. The topological polar surface area (TPSA) is 35.8 Å². The third-order valence-corrected chi connectivity index (χ3v) is 4.59. The summed E-state index contributed by atoms with van der Waals surface area (Å²) < 4.78 is 0. The Morgan fingerprint density at radius 1 is 1.47 bits per heavy atom. The van der Waals surface area contributed by atoms with Crippen LogP contribution >= 0.6 is 11.8 Å². The Bertz CT molecular complexity index is 255. The van der Waals surface area contributed by atoms with Crippen molar-refractivity contribution < 1.29 is 0 Å². The van der Waals surface area contributed by atoms with E-state index in [0.717, 1.165) is 12.8 Å². The Hall–Kier alpha value is -0.200. The van der Waals surface area contributed by atoms with Crippen LogP contribution in [0.1, 0.15) is 45.4 Å². The first kappa shape index (κ1) is 11.3. The monoisotopic (exact) mass is 224 g/mol. The molecule has 84 valence electrons. The largest absolute Gasteiger partial charge is 0.297 e. The molecule has 0 amide bonds. The molecule has 2 atom stereocenters. The van der Waals surface area contributed by atoms with Gasteiger partial charge in [0.2, 0.25) is 0 Å². The molecule has 3 heteroatoms. The molecule has 0 heterocycles. The molecule has 2 fully saturated rings. The Labute approximate surface area is 96.8 Å². The van der Waals surface area contributed by atoms with E-state index in [4.69, 9.17) is 0 Å². The summed E-state index contributed by atoms with van der Waals surface area (Å²) >= 11 is 2.03. The predicted octanol–water partition coefficient (Wildman–Crippen LogP) is 2.70. The second kappa shape index (κ2) is 4.76. The van der Waals surface area contributed by atoms with Crippen LogP contribution in [-0.4, -0.2) is 22.6 Å². The fraction of sp³-hybridized carbons (Fsp3) is 0.917. The normalized spacial score (nSPS) is 36.1. The van der Waals surface area contributed by atoms with E-state index in [-0.39, 0.29) is 5.54 Å². The van der Waals surface area contributed by atoms with E-state index < -0.39 is 0 Å². The molecule has 0 aromatic rings. The van der Waals surface area contributed by atoms with Crippen molar-refractivity contribution in [1.82, 2.24) is 5.32 Å². The van der Waals surface area contributed by atoms with E-state index in [1.54, 1.807) is 0 Å². The average Bonchev–Trinajstić information content (AvgIpc) is 3.03. The van der Waals surface area contributed by atoms with E-state index in [2.05, 4.69) is 18.3 Å². The maximum absolute atomic E-state index is 9.38. The number of nitrogens with one attached hydrogen (secondary N) is 1. The molecule has 0 aromatic heterocycles. The number of hydrogen-bond acceptors (Lipinski definition) is 3. The van der Waals surface area contributed by atoms with E-state index >= 15 is 0 Å². The minimum absolute atomic E-state index is 0.188. The third kappa shape index (κ3) is 2.89. The second-order valence-corrected chi connectivity index (χ2v) is 6.36. The van der Waals surface area contributed by atoms with E-state index in [1.165, 1.54) is 31.4 Å². The molecule has 0 saturated heterocycles. The van der Waals surface area contributed by atoms with Crippen molar-refractivity contribution in [3.05, 3.63) is 0 Å². The molecule has 2 nitrogen and oxygen atoms in total. The smallest absolute Gasteiger partial charge is 0.108 e. The van der Waals surface area contributed by atoms with Crippen molar-refractivity contribution in [1.29, 1.82) is 5.26 Å². The van der Waals surface area contributed by atoms with E-state index in [0.29, 0.717) is 11.3 Å². The van der Waals surface area contributed by atoms with Gasteiger partial charge in [-0.15, -0.1) is 0 Å². The molecule has 0 aromatic carbocycles. The fourth-order valence-electron chi connectivity index (χ4n) is 2.49. The second-order valence-electron chi connectivity index (χ2n) is 4.79. The van der Waals surface area contributed by atoms with Gasteiger partial charge < -0.3 is 0 Å². The van der Waals surface area contributed by atoms with Crippen LogP contribution in [0.4, 0.5) is 0 Å². The van der Waals surface area contributed by atoms with Crippen molar-refractivity contribution in [3.8, 4) is 6.07 Å². The zero-order chi connectivity index (χ0) is 10.7. The van der Waals surface area contributed by atoms with Crippen molar-refractivity contribution in [2.75, 3.05) is 5.75 Å². The lowest BCUT2D eigenvalue weighted by molar-refractivity contribution is 0.301. The quantitative estimate of drug-likeness (QED) is 0.797. The lowest BCUT2D eigenvalue weighted by Gasteiger charge is -2.36. The van der Waals surface area contributed by atoms with Gasteiger partial charge in [-0.05, 0) is 44.3 Å².